The first-order valence-corrected chi connectivity index (χ1v) is 12.9. The van der Waals surface area contributed by atoms with E-state index < -0.39 is 0 Å². The Morgan fingerprint density at radius 1 is 0.600 bits per heavy atom. The minimum Gasteiger partial charge on any atom is -0.466 e. The van der Waals surface area contributed by atoms with Gasteiger partial charge in [0.15, 0.2) is 0 Å². The standard InChI is InChI=1S/C26H50O4/c1-4-6-8-9-10-11-12-13-14-15-16-17-19-23-29-25(27)21-22-26(28)30-24(3)20-18-7-5-2/h24H,4-23H2,1-3H3. The maximum Gasteiger partial charge on any atom is 0.306 e. The highest BCUT2D eigenvalue weighted by atomic mass is 16.5. The summed E-state index contributed by atoms with van der Waals surface area (Å²) in [6, 6.07) is 0. The second-order valence-electron chi connectivity index (χ2n) is 8.76. The normalized spacial score (nSPS) is 12.0. The van der Waals surface area contributed by atoms with Crippen molar-refractivity contribution < 1.29 is 19.1 Å². The van der Waals surface area contributed by atoms with Crippen molar-refractivity contribution in [2.24, 2.45) is 0 Å². The van der Waals surface area contributed by atoms with E-state index in [1.54, 1.807) is 0 Å². The van der Waals surface area contributed by atoms with E-state index in [9.17, 15) is 9.59 Å². The summed E-state index contributed by atoms with van der Waals surface area (Å²) in [5.41, 5.74) is 0. The van der Waals surface area contributed by atoms with E-state index in [1.165, 1.54) is 70.6 Å². The summed E-state index contributed by atoms with van der Waals surface area (Å²) in [6.45, 7) is 6.81. The first kappa shape index (κ1) is 28.9. The SMILES string of the molecule is CCCCCCCCCCCCCCCOC(=O)CCC(=O)OC(C)CCCCC. The first-order chi connectivity index (χ1) is 14.6. The molecule has 0 fully saturated rings. The molecular weight excluding hydrogens is 376 g/mol. The Hall–Kier alpha value is -1.06. The van der Waals surface area contributed by atoms with Crippen LogP contribution in [-0.2, 0) is 19.1 Å². The number of carbonyl (C=O) groups is 2. The second-order valence-corrected chi connectivity index (χ2v) is 8.76. The van der Waals surface area contributed by atoms with E-state index in [0.717, 1.165) is 38.5 Å². The Balaban J connectivity index is 3.36. The maximum atomic E-state index is 11.8. The third kappa shape index (κ3) is 21.6. The molecule has 30 heavy (non-hydrogen) atoms. The Bertz CT molecular complexity index is 394. The molecule has 0 aliphatic heterocycles. The zero-order valence-corrected chi connectivity index (χ0v) is 20.4. The highest BCUT2D eigenvalue weighted by Crippen LogP contribution is 2.13. The molecule has 0 rings (SSSR count). The van der Waals surface area contributed by atoms with Crippen molar-refractivity contribution in [3.05, 3.63) is 0 Å². The molecule has 0 saturated heterocycles. The van der Waals surface area contributed by atoms with Gasteiger partial charge in [0.25, 0.3) is 0 Å². The van der Waals surface area contributed by atoms with E-state index in [0.29, 0.717) is 6.61 Å². The van der Waals surface area contributed by atoms with Crippen LogP contribution in [0, 0.1) is 0 Å². The van der Waals surface area contributed by atoms with Gasteiger partial charge in [-0.2, -0.15) is 0 Å². The summed E-state index contributed by atoms with van der Waals surface area (Å²) in [5.74, 6) is -0.582. The number of carbonyl (C=O) groups excluding carboxylic acids is 2. The predicted octanol–water partition coefficient (Wildman–Crippen LogP) is 7.91. The van der Waals surface area contributed by atoms with Crippen molar-refractivity contribution in [2.75, 3.05) is 6.61 Å². The highest BCUT2D eigenvalue weighted by Gasteiger charge is 2.12. The van der Waals surface area contributed by atoms with Crippen LogP contribution in [0.3, 0.4) is 0 Å². The topological polar surface area (TPSA) is 52.6 Å². The molecule has 0 aromatic rings. The molecule has 1 atom stereocenters. The first-order valence-electron chi connectivity index (χ1n) is 12.9. The van der Waals surface area contributed by atoms with Gasteiger partial charge in [0.2, 0.25) is 0 Å². The van der Waals surface area contributed by atoms with Gasteiger partial charge in [-0.15, -0.1) is 0 Å². The van der Waals surface area contributed by atoms with E-state index in [2.05, 4.69) is 13.8 Å². The fraction of sp³-hybridized carbons (Fsp3) is 0.923. The lowest BCUT2D eigenvalue weighted by molar-refractivity contribution is -0.153. The molecule has 0 saturated carbocycles. The molecule has 4 nitrogen and oxygen atoms in total. The van der Waals surface area contributed by atoms with Crippen LogP contribution in [0.25, 0.3) is 0 Å². The molecule has 0 spiro atoms. The average molecular weight is 427 g/mol. The molecule has 0 heterocycles. The summed E-state index contributed by atoms with van der Waals surface area (Å²) in [5, 5.41) is 0. The Morgan fingerprint density at radius 2 is 1.03 bits per heavy atom. The number of esters is 2. The minimum absolute atomic E-state index is 0.0640. The van der Waals surface area contributed by atoms with Gasteiger partial charge in [-0.3, -0.25) is 9.59 Å². The molecule has 0 aliphatic rings. The summed E-state index contributed by atoms with van der Waals surface area (Å²) in [7, 11) is 0. The Kier molecular flexibility index (Phi) is 21.8. The lowest BCUT2D eigenvalue weighted by atomic mass is 10.0. The summed E-state index contributed by atoms with van der Waals surface area (Å²) < 4.78 is 10.6. The average Bonchev–Trinajstić information content (AvgIpc) is 2.72. The molecule has 0 aromatic heterocycles. The predicted molar refractivity (Wildman–Crippen MR) is 126 cm³/mol. The second kappa shape index (κ2) is 22.6. The summed E-state index contributed by atoms with van der Waals surface area (Å²) >= 11 is 0. The largest absolute Gasteiger partial charge is 0.466 e. The summed E-state index contributed by atoms with van der Waals surface area (Å²) in [4.78, 5) is 23.5. The van der Waals surface area contributed by atoms with Crippen molar-refractivity contribution in [2.45, 2.75) is 149 Å². The van der Waals surface area contributed by atoms with Crippen molar-refractivity contribution in [3.8, 4) is 0 Å². The van der Waals surface area contributed by atoms with E-state index in [-0.39, 0.29) is 30.9 Å². The van der Waals surface area contributed by atoms with Crippen LogP contribution in [0.5, 0.6) is 0 Å². The number of unbranched alkanes of at least 4 members (excludes halogenated alkanes) is 14. The quantitative estimate of drug-likeness (QED) is 0.130. The van der Waals surface area contributed by atoms with Crippen LogP contribution >= 0.6 is 0 Å². The molecule has 0 radical (unpaired) electrons. The third-order valence-electron chi connectivity index (χ3n) is 5.59. The van der Waals surface area contributed by atoms with Crippen LogP contribution in [0.4, 0.5) is 0 Å². The highest BCUT2D eigenvalue weighted by molar-refractivity contribution is 5.77. The molecule has 4 heteroatoms. The number of hydrogen-bond acceptors (Lipinski definition) is 4. The van der Waals surface area contributed by atoms with Crippen molar-refractivity contribution in [3.63, 3.8) is 0 Å². The van der Waals surface area contributed by atoms with Gasteiger partial charge in [-0.05, 0) is 26.2 Å². The van der Waals surface area contributed by atoms with Crippen molar-refractivity contribution in [1.82, 2.24) is 0 Å². The van der Waals surface area contributed by atoms with Gasteiger partial charge in [-0.25, -0.2) is 0 Å². The molecule has 1 unspecified atom stereocenters. The van der Waals surface area contributed by atoms with E-state index in [4.69, 9.17) is 9.47 Å². The van der Waals surface area contributed by atoms with Crippen LogP contribution in [-0.4, -0.2) is 24.6 Å². The van der Waals surface area contributed by atoms with Gasteiger partial charge >= 0.3 is 11.9 Å². The zero-order chi connectivity index (χ0) is 22.3. The number of rotatable bonds is 22. The molecule has 0 bridgehead atoms. The van der Waals surface area contributed by atoms with E-state index in [1.807, 2.05) is 6.92 Å². The van der Waals surface area contributed by atoms with Gasteiger partial charge in [0, 0.05) is 0 Å². The Labute approximate surface area is 186 Å². The Morgan fingerprint density at radius 3 is 1.57 bits per heavy atom. The van der Waals surface area contributed by atoms with Crippen LogP contribution in [0.2, 0.25) is 0 Å². The van der Waals surface area contributed by atoms with Gasteiger partial charge in [0.05, 0.1) is 25.6 Å². The molecule has 0 aliphatic carbocycles. The lowest BCUT2D eigenvalue weighted by Crippen LogP contribution is -2.16. The van der Waals surface area contributed by atoms with Crippen molar-refractivity contribution in [1.29, 1.82) is 0 Å². The molecule has 0 N–H and O–H groups in total. The third-order valence-corrected chi connectivity index (χ3v) is 5.59. The fourth-order valence-electron chi connectivity index (χ4n) is 3.61. The lowest BCUT2D eigenvalue weighted by Gasteiger charge is -2.12. The number of ether oxygens (including phenoxy) is 2. The molecule has 0 amide bonds. The van der Waals surface area contributed by atoms with Gasteiger partial charge in [0.1, 0.15) is 0 Å². The van der Waals surface area contributed by atoms with Crippen molar-refractivity contribution >= 4 is 11.9 Å². The van der Waals surface area contributed by atoms with Crippen LogP contribution in [0.1, 0.15) is 143 Å². The molecule has 0 aromatic carbocycles. The maximum absolute atomic E-state index is 11.8. The summed E-state index contributed by atoms with van der Waals surface area (Å²) in [6.07, 6.45) is 21.4. The van der Waals surface area contributed by atoms with Gasteiger partial charge in [-0.1, -0.05) is 104 Å². The fourth-order valence-corrected chi connectivity index (χ4v) is 3.61. The zero-order valence-electron chi connectivity index (χ0n) is 20.4. The smallest absolute Gasteiger partial charge is 0.306 e. The van der Waals surface area contributed by atoms with Gasteiger partial charge < -0.3 is 9.47 Å². The van der Waals surface area contributed by atoms with Crippen LogP contribution < -0.4 is 0 Å². The van der Waals surface area contributed by atoms with Crippen LogP contribution in [0.15, 0.2) is 0 Å². The number of hydrogen-bond donors (Lipinski definition) is 0. The molecule has 178 valence electrons. The van der Waals surface area contributed by atoms with E-state index >= 15 is 0 Å². The monoisotopic (exact) mass is 426 g/mol. The molecular formula is C26H50O4. The minimum atomic E-state index is -0.295.